The van der Waals surface area contributed by atoms with Gasteiger partial charge in [0.2, 0.25) is 5.75 Å². The van der Waals surface area contributed by atoms with E-state index in [1.807, 2.05) is 12.1 Å². The van der Waals surface area contributed by atoms with Crippen LogP contribution in [-0.2, 0) is 18.3 Å². The molecule has 2 aromatic carbocycles. The summed E-state index contributed by atoms with van der Waals surface area (Å²) in [5.41, 5.74) is 2.85. The maximum Gasteiger partial charge on any atom is 0.203 e. The van der Waals surface area contributed by atoms with Crippen LogP contribution in [0.2, 0.25) is 0 Å². The van der Waals surface area contributed by atoms with Gasteiger partial charge in [-0.15, -0.1) is 0 Å². The maximum atomic E-state index is 10.5. The third-order valence-corrected chi connectivity index (χ3v) is 7.74. The zero-order valence-electron chi connectivity index (χ0n) is 25.5. The molecule has 0 aliphatic heterocycles. The smallest absolute Gasteiger partial charge is 0.203 e. The van der Waals surface area contributed by atoms with E-state index in [0.717, 1.165) is 68.7 Å². The average molecular weight is 541 g/mol. The van der Waals surface area contributed by atoms with Gasteiger partial charge >= 0.3 is 0 Å². The van der Waals surface area contributed by atoms with Crippen LogP contribution in [0.25, 0.3) is 0 Å². The number of nitrogens with zero attached hydrogens (tertiary/aromatic N) is 2. The molecule has 0 aromatic heterocycles. The summed E-state index contributed by atoms with van der Waals surface area (Å²) in [7, 11) is 10.3. The minimum absolute atomic E-state index is 0.100. The first-order valence-corrected chi connectivity index (χ1v) is 13.9. The average Bonchev–Trinajstić information content (AvgIpc) is 2.95. The van der Waals surface area contributed by atoms with Crippen LogP contribution < -0.4 is 23.7 Å². The van der Waals surface area contributed by atoms with E-state index in [4.69, 9.17) is 23.7 Å². The SMILES string of the molecule is CCCCc1cc(OC)c(OC)cc1CCN(C)CCCC(C#N)(c1cc(OC)c(OC)c(OC)c1)C(C)C. The van der Waals surface area contributed by atoms with Gasteiger partial charge in [0.25, 0.3) is 0 Å². The molecule has 2 rings (SSSR count). The van der Waals surface area contributed by atoms with Crippen molar-refractivity contribution >= 4 is 0 Å². The summed E-state index contributed by atoms with van der Waals surface area (Å²) in [4.78, 5) is 2.35. The Morgan fingerprint density at radius 3 is 1.74 bits per heavy atom. The summed E-state index contributed by atoms with van der Waals surface area (Å²) in [6, 6.07) is 10.8. The minimum Gasteiger partial charge on any atom is -0.493 e. The number of methoxy groups -OCH3 is 5. The van der Waals surface area contributed by atoms with Gasteiger partial charge < -0.3 is 28.6 Å². The lowest BCUT2D eigenvalue weighted by molar-refractivity contribution is 0.290. The van der Waals surface area contributed by atoms with Gasteiger partial charge in [0.15, 0.2) is 23.0 Å². The first-order chi connectivity index (χ1) is 18.7. The zero-order valence-corrected chi connectivity index (χ0v) is 25.5. The lowest BCUT2D eigenvalue weighted by Gasteiger charge is -2.33. The molecule has 39 heavy (non-hydrogen) atoms. The van der Waals surface area contributed by atoms with Crippen molar-refractivity contribution in [3.05, 3.63) is 41.0 Å². The van der Waals surface area contributed by atoms with E-state index in [-0.39, 0.29) is 5.92 Å². The zero-order chi connectivity index (χ0) is 29.0. The Labute approximate surface area is 236 Å². The Kier molecular flexibility index (Phi) is 12.7. The van der Waals surface area contributed by atoms with E-state index in [1.54, 1.807) is 35.5 Å². The number of rotatable bonds is 17. The molecule has 216 valence electrons. The third-order valence-electron chi connectivity index (χ3n) is 7.74. The highest BCUT2D eigenvalue weighted by Crippen LogP contribution is 2.45. The van der Waals surface area contributed by atoms with E-state index in [1.165, 1.54) is 11.1 Å². The fraction of sp³-hybridized carbons (Fsp3) is 0.594. The molecule has 1 atom stereocenters. The van der Waals surface area contributed by atoms with Gasteiger partial charge in [-0.3, -0.25) is 0 Å². The summed E-state index contributed by atoms with van der Waals surface area (Å²) in [6.45, 7) is 8.22. The summed E-state index contributed by atoms with van der Waals surface area (Å²) in [6.07, 6.45) is 5.86. The molecule has 0 bridgehead atoms. The lowest BCUT2D eigenvalue weighted by atomic mass is 9.69. The molecule has 7 heteroatoms. The van der Waals surface area contributed by atoms with Crippen LogP contribution in [0.3, 0.4) is 0 Å². The molecular weight excluding hydrogens is 492 g/mol. The fourth-order valence-corrected chi connectivity index (χ4v) is 5.20. The van der Waals surface area contributed by atoms with Gasteiger partial charge in [0.05, 0.1) is 47.0 Å². The summed E-state index contributed by atoms with van der Waals surface area (Å²) < 4.78 is 27.8. The highest BCUT2D eigenvalue weighted by atomic mass is 16.5. The number of benzene rings is 2. The number of aryl methyl sites for hydroxylation is 1. The van der Waals surface area contributed by atoms with Crippen molar-refractivity contribution in [1.82, 2.24) is 4.90 Å². The molecule has 0 aliphatic rings. The standard InChI is InChI=1S/C32H48N2O5/c1-10-11-13-24-18-27(35-5)28(36-6)19-25(24)14-17-34(4)16-12-15-32(22-33,23(2)3)26-20-29(37-7)31(39-9)30(21-26)38-8/h18-21,23H,10-17H2,1-9H3. The van der Waals surface area contributed by atoms with Gasteiger partial charge in [-0.2, -0.15) is 5.26 Å². The normalized spacial score (nSPS) is 12.7. The largest absolute Gasteiger partial charge is 0.493 e. The van der Waals surface area contributed by atoms with Crippen molar-refractivity contribution in [1.29, 1.82) is 5.26 Å². The number of hydrogen-bond acceptors (Lipinski definition) is 7. The second-order valence-corrected chi connectivity index (χ2v) is 10.4. The molecule has 7 nitrogen and oxygen atoms in total. The topological polar surface area (TPSA) is 73.2 Å². The Bertz CT molecular complexity index is 1070. The van der Waals surface area contributed by atoms with Crippen molar-refractivity contribution < 1.29 is 23.7 Å². The van der Waals surface area contributed by atoms with Crippen LogP contribution in [0.15, 0.2) is 24.3 Å². The van der Waals surface area contributed by atoms with Gasteiger partial charge in [-0.25, -0.2) is 0 Å². The van der Waals surface area contributed by atoms with E-state index in [2.05, 4.69) is 50.9 Å². The predicted molar refractivity (Wildman–Crippen MR) is 157 cm³/mol. The fourth-order valence-electron chi connectivity index (χ4n) is 5.20. The highest BCUT2D eigenvalue weighted by Gasteiger charge is 2.37. The Morgan fingerprint density at radius 2 is 1.31 bits per heavy atom. The van der Waals surface area contributed by atoms with E-state index in [0.29, 0.717) is 17.2 Å². The molecule has 0 heterocycles. The summed E-state index contributed by atoms with van der Waals surface area (Å²) >= 11 is 0. The maximum absolute atomic E-state index is 10.5. The number of nitriles is 1. The Hall–Kier alpha value is -3.11. The van der Waals surface area contributed by atoms with Crippen LogP contribution in [-0.4, -0.2) is 60.6 Å². The van der Waals surface area contributed by atoms with Crippen LogP contribution in [0.1, 0.15) is 63.1 Å². The molecule has 0 radical (unpaired) electrons. The van der Waals surface area contributed by atoms with Gasteiger partial charge in [0, 0.05) is 6.54 Å². The molecular formula is C32H48N2O5. The van der Waals surface area contributed by atoms with Gasteiger partial charge in [-0.05, 0) is 92.6 Å². The van der Waals surface area contributed by atoms with Crippen molar-refractivity contribution in [2.45, 2.75) is 64.7 Å². The van der Waals surface area contributed by atoms with Crippen molar-refractivity contribution in [3.63, 3.8) is 0 Å². The monoisotopic (exact) mass is 540 g/mol. The second kappa shape index (κ2) is 15.5. The lowest BCUT2D eigenvalue weighted by Crippen LogP contribution is -2.32. The predicted octanol–water partition coefficient (Wildman–Crippen LogP) is 6.44. The molecule has 0 fully saturated rings. The highest BCUT2D eigenvalue weighted by molar-refractivity contribution is 5.56. The molecule has 0 amide bonds. The van der Waals surface area contributed by atoms with Crippen LogP contribution in [0.4, 0.5) is 0 Å². The van der Waals surface area contributed by atoms with Crippen LogP contribution >= 0.6 is 0 Å². The molecule has 0 saturated heterocycles. The van der Waals surface area contributed by atoms with Crippen molar-refractivity contribution in [3.8, 4) is 34.8 Å². The van der Waals surface area contributed by atoms with E-state index in [9.17, 15) is 5.26 Å². The van der Waals surface area contributed by atoms with E-state index < -0.39 is 5.41 Å². The number of unbranched alkanes of at least 4 members (excludes halogenated alkanes) is 1. The molecule has 2 aromatic rings. The number of likely N-dealkylation sites (N-methyl/N-ethyl adjacent to an activating group) is 1. The molecule has 0 saturated carbocycles. The van der Waals surface area contributed by atoms with Gasteiger partial charge in [-0.1, -0.05) is 27.2 Å². The van der Waals surface area contributed by atoms with Crippen molar-refractivity contribution in [2.24, 2.45) is 5.92 Å². The summed E-state index contributed by atoms with van der Waals surface area (Å²) in [5.74, 6) is 3.33. The number of ether oxygens (including phenoxy) is 5. The minimum atomic E-state index is -0.676. The first-order valence-electron chi connectivity index (χ1n) is 13.9. The van der Waals surface area contributed by atoms with Crippen LogP contribution in [0.5, 0.6) is 28.7 Å². The first kappa shape index (κ1) is 32.1. The van der Waals surface area contributed by atoms with Gasteiger partial charge in [0.1, 0.15) is 0 Å². The third kappa shape index (κ3) is 7.73. The quantitative estimate of drug-likeness (QED) is 0.228. The molecule has 0 spiro atoms. The second-order valence-electron chi connectivity index (χ2n) is 10.4. The molecule has 1 unspecified atom stereocenters. The van der Waals surface area contributed by atoms with Crippen molar-refractivity contribution in [2.75, 3.05) is 55.7 Å². The summed E-state index contributed by atoms with van der Waals surface area (Å²) in [5, 5.41) is 10.5. The Balaban J connectivity index is 2.17. The number of hydrogen-bond donors (Lipinski definition) is 0. The molecule has 0 aliphatic carbocycles. The Morgan fingerprint density at radius 1 is 0.769 bits per heavy atom. The molecule has 0 N–H and O–H groups in total. The van der Waals surface area contributed by atoms with Crippen LogP contribution in [0, 0.1) is 17.2 Å². The van der Waals surface area contributed by atoms with E-state index >= 15 is 0 Å².